The van der Waals surface area contributed by atoms with Crippen molar-refractivity contribution in [2.24, 2.45) is 0 Å². The van der Waals surface area contributed by atoms with Crippen molar-refractivity contribution in [2.75, 3.05) is 42.1 Å². The van der Waals surface area contributed by atoms with E-state index in [0.29, 0.717) is 49.2 Å². The molecule has 1 saturated heterocycles. The number of phenols is 1. The van der Waals surface area contributed by atoms with Gasteiger partial charge in [-0.3, -0.25) is 0 Å². The number of rotatable bonds is 4. The zero-order valence-corrected chi connectivity index (χ0v) is 19.2. The van der Waals surface area contributed by atoms with Gasteiger partial charge in [0.15, 0.2) is 5.82 Å². The third-order valence-electron chi connectivity index (χ3n) is 5.94. The van der Waals surface area contributed by atoms with Crippen molar-refractivity contribution >= 4 is 21.8 Å². The molecule has 0 atom stereocenters. The number of halogens is 3. The normalized spacial score (nSPS) is 16.4. The van der Waals surface area contributed by atoms with Crippen LogP contribution in [0.5, 0.6) is 5.75 Å². The Kier molecular flexibility index (Phi) is 5.80. The zero-order chi connectivity index (χ0) is 24.8. The number of benzene rings is 2. The van der Waals surface area contributed by atoms with Gasteiger partial charge in [-0.15, -0.1) is 0 Å². The molecule has 2 aliphatic rings. The van der Waals surface area contributed by atoms with E-state index in [-0.39, 0.29) is 30.5 Å². The molecule has 0 aliphatic carbocycles. The monoisotopic (exact) mass is 506 g/mol. The minimum absolute atomic E-state index is 0.000965. The Morgan fingerprint density at radius 1 is 0.971 bits per heavy atom. The second-order valence-corrected chi connectivity index (χ2v) is 10.0. The number of alkyl halides is 3. The van der Waals surface area contributed by atoms with Gasteiger partial charge in [-0.2, -0.15) is 18.2 Å². The van der Waals surface area contributed by atoms with Crippen LogP contribution in [0.3, 0.4) is 0 Å². The fourth-order valence-corrected chi connectivity index (χ4v) is 5.70. The second-order valence-electron chi connectivity index (χ2n) is 8.18. The maximum atomic E-state index is 13.5. The number of hydrogen-bond acceptors (Lipinski definition) is 7. The number of aromatic nitrogens is 2. The van der Waals surface area contributed by atoms with Gasteiger partial charge in [0.05, 0.1) is 29.4 Å². The van der Waals surface area contributed by atoms with Gasteiger partial charge in [-0.1, -0.05) is 18.2 Å². The number of aromatic hydroxyl groups is 1. The standard InChI is InChI=1S/C23H21F3N4O4S/c24-23(25,26)16-4-2-6-18(14-16)35(32,33)30-8-7-19-20(15-3-1-5-17(31)13-15)27-22(28-21(19)30)29-9-11-34-12-10-29/h1-6,13-14,31H,7-12H2. The lowest BCUT2D eigenvalue weighted by molar-refractivity contribution is -0.137. The molecule has 2 aromatic carbocycles. The molecule has 5 rings (SSSR count). The summed E-state index contributed by atoms with van der Waals surface area (Å²) < 4.78 is 73.1. The van der Waals surface area contributed by atoms with E-state index >= 15 is 0 Å². The first-order valence-electron chi connectivity index (χ1n) is 10.9. The number of sulfonamides is 1. The van der Waals surface area contributed by atoms with Gasteiger partial charge < -0.3 is 14.7 Å². The van der Waals surface area contributed by atoms with E-state index < -0.39 is 26.7 Å². The summed E-state index contributed by atoms with van der Waals surface area (Å²) in [6, 6.07) is 10.1. The van der Waals surface area contributed by atoms with Crippen molar-refractivity contribution in [1.29, 1.82) is 0 Å². The number of anilines is 2. The van der Waals surface area contributed by atoms with Gasteiger partial charge in [-0.25, -0.2) is 17.7 Å². The molecule has 1 aromatic heterocycles. The summed E-state index contributed by atoms with van der Waals surface area (Å²) in [5.41, 5.74) is 0.545. The first-order valence-corrected chi connectivity index (χ1v) is 12.3. The van der Waals surface area contributed by atoms with Crippen molar-refractivity contribution in [1.82, 2.24) is 9.97 Å². The Bertz CT molecular complexity index is 1380. The largest absolute Gasteiger partial charge is 0.508 e. The first-order chi connectivity index (χ1) is 16.6. The van der Waals surface area contributed by atoms with Crippen LogP contribution in [0.2, 0.25) is 0 Å². The molecule has 1 N–H and O–H groups in total. The average molecular weight is 507 g/mol. The minimum atomic E-state index is -4.68. The lowest BCUT2D eigenvalue weighted by Gasteiger charge is -2.28. The molecule has 1 fully saturated rings. The van der Waals surface area contributed by atoms with E-state index in [4.69, 9.17) is 9.72 Å². The van der Waals surface area contributed by atoms with E-state index in [9.17, 15) is 26.7 Å². The van der Waals surface area contributed by atoms with Crippen molar-refractivity contribution in [3.05, 3.63) is 59.7 Å². The van der Waals surface area contributed by atoms with Crippen molar-refractivity contribution in [3.63, 3.8) is 0 Å². The molecular formula is C23H21F3N4O4S. The highest BCUT2D eigenvalue weighted by molar-refractivity contribution is 7.92. The number of hydrogen-bond donors (Lipinski definition) is 1. The van der Waals surface area contributed by atoms with Crippen LogP contribution < -0.4 is 9.21 Å². The Labute approximate surface area is 199 Å². The van der Waals surface area contributed by atoms with E-state index in [2.05, 4.69) is 4.98 Å². The molecule has 0 unspecified atom stereocenters. The third-order valence-corrected chi connectivity index (χ3v) is 7.72. The van der Waals surface area contributed by atoms with Crippen LogP contribution in [0.1, 0.15) is 11.1 Å². The predicted octanol–water partition coefficient (Wildman–Crippen LogP) is 3.46. The SMILES string of the molecule is O=S(=O)(c1cccc(C(F)(F)F)c1)N1CCc2c(-c3cccc(O)c3)nc(N3CCOCC3)nc21. The van der Waals surface area contributed by atoms with Gasteiger partial charge in [-0.05, 0) is 36.8 Å². The first kappa shape index (κ1) is 23.4. The molecule has 0 spiro atoms. The summed E-state index contributed by atoms with van der Waals surface area (Å²) in [6.45, 7) is 1.90. The van der Waals surface area contributed by atoms with Gasteiger partial charge in [0, 0.05) is 30.8 Å². The topological polar surface area (TPSA) is 95.9 Å². The summed E-state index contributed by atoms with van der Waals surface area (Å²) in [5.74, 6) is 0.433. The number of morpholine rings is 1. The number of nitrogens with zero attached hydrogens (tertiary/aromatic N) is 4. The van der Waals surface area contributed by atoms with Crippen LogP contribution in [-0.4, -0.2) is 56.3 Å². The van der Waals surface area contributed by atoms with Gasteiger partial charge in [0.25, 0.3) is 10.0 Å². The van der Waals surface area contributed by atoms with Gasteiger partial charge >= 0.3 is 6.18 Å². The van der Waals surface area contributed by atoms with Crippen LogP contribution in [0, 0.1) is 0 Å². The van der Waals surface area contributed by atoms with Gasteiger partial charge in [0.2, 0.25) is 5.95 Å². The van der Waals surface area contributed by atoms with E-state index in [1.807, 2.05) is 4.90 Å². The molecular weight excluding hydrogens is 485 g/mol. The molecule has 0 amide bonds. The minimum Gasteiger partial charge on any atom is -0.508 e. The summed E-state index contributed by atoms with van der Waals surface area (Å²) in [5, 5.41) is 9.99. The molecule has 3 heterocycles. The maximum Gasteiger partial charge on any atom is 0.416 e. The van der Waals surface area contributed by atoms with Crippen LogP contribution in [0.15, 0.2) is 53.4 Å². The van der Waals surface area contributed by atoms with Gasteiger partial charge in [0.1, 0.15) is 5.75 Å². The Morgan fingerprint density at radius 2 is 1.71 bits per heavy atom. The number of ether oxygens (including phenoxy) is 1. The molecule has 35 heavy (non-hydrogen) atoms. The third kappa shape index (κ3) is 4.39. The maximum absolute atomic E-state index is 13.5. The highest BCUT2D eigenvalue weighted by Gasteiger charge is 2.37. The smallest absolute Gasteiger partial charge is 0.416 e. The molecule has 8 nitrogen and oxygen atoms in total. The molecule has 0 saturated carbocycles. The molecule has 0 radical (unpaired) electrons. The summed E-state index contributed by atoms with van der Waals surface area (Å²) in [4.78, 5) is 10.6. The van der Waals surface area contributed by atoms with E-state index in [1.54, 1.807) is 12.1 Å². The molecule has 2 aliphatic heterocycles. The lowest BCUT2D eigenvalue weighted by Crippen LogP contribution is -2.38. The van der Waals surface area contributed by atoms with Crippen molar-refractivity contribution in [3.8, 4) is 17.0 Å². The fraction of sp³-hybridized carbons (Fsp3) is 0.304. The Balaban J connectivity index is 1.64. The highest BCUT2D eigenvalue weighted by Crippen LogP contribution is 2.39. The molecule has 3 aromatic rings. The molecule has 12 heteroatoms. The Hall–Kier alpha value is -3.38. The van der Waals surface area contributed by atoms with Crippen molar-refractivity contribution in [2.45, 2.75) is 17.5 Å². The average Bonchev–Trinajstić information content (AvgIpc) is 3.28. The predicted molar refractivity (Wildman–Crippen MR) is 122 cm³/mol. The Morgan fingerprint density at radius 3 is 2.43 bits per heavy atom. The van der Waals surface area contributed by atoms with E-state index in [0.717, 1.165) is 22.5 Å². The summed E-state index contributed by atoms with van der Waals surface area (Å²) in [7, 11) is -4.34. The van der Waals surface area contributed by atoms with Crippen molar-refractivity contribution < 1.29 is 31.4 Å². The zero-order valence-electron chi connectivity index (χ0n) is 18.4. The summed E-state index contributed by atoms with van der Waals surface area (Å²) >= 11 is 0. The van der Waals surface area contributed by atoms with Crippen LogP contribution in [-0.2, 0) is 27.4 Å². The lowest BCUT2D eigenvalue weighted by atomic mass is 10.1. The van der Waals surface area contributed by atoms with E-state index in [1.165, 1.54) is 12.1 Å². The van der Waals surface area contributed by atoms with Crippen LogP contribution in [0.4, 0.5) is 24.9 Å². The number of fused-ring (bicyclic) bond motifs is 1. The second kappa shape index (κ2) is 8.68. The summed E-state index contributed by atoms with van der Waals surface area (Å²) in [6.07, 6.45) is -4.41. The fourth-order valence-electron chi connectivity index (χ4n) is 4.21. The quantitative estimate of drug-likeness (QED) is 0.579. The van der Waals surface area contributed by atoms with Crippen LogP contribution in [0.25, 0.3) is 11.3 Å². The number of phenolic OH excluding ortho intramolecular Hbond substituents is 1. The van der Waals surface area contributed by atoms with Crippen LogP contribution >= 0.6 is 0 Å². The molecule has 184 valence electrons. The molecule has 0 bridgehead atoms. The highest BCUT2D eigenvalue weighted by atomic mass is 32.2.